The van der Waals surface area contributed by atoms with Crippen molar-refractivity contribution >= 4 is 11.8 Å². The van der Waals surface area contributed by atoms with E-state index in [9.17, 15) is 0 Å². The van der Waals surface area contributed by atoms with Crippen LogP contribution in [0.1, 0.15) is 39.0 Å². The van der Waals surface area contributed by atoms with Gasteiger partial charge in [0, 0.05) is 24.7 Å². The predicted octanol–water partition coefficient (Wildman–Crippen LogP) is 2.34. The van der Waals surface area contributed by atoms with E-state index < -0.39 is 0 Å². The Labute approximate surface area is 110 Å². The predicted molar refractivity (Wildman–Crippen MR) is 75.6 cm³/mol. The molecule has 17 heavy (non-hydrogen) atoms. The number of hydrogen-bond acceptors (Lipinski definition) is 3. The van der Waals surface area contributed by atoms with Crippen molar-refractivity contribution in [3.63, 3.8) is 0 Å². The van der Waals surface area contributed by atoms with Crippen molar-refractivity contribution in [2.24, 2.45) is 5.92 Å². The van der Waals surface area contributed by atoms with Crippen molar-refractivity contribution in [2.45, 2.75) is 57.2 Å². The molecule has 98 valence electrons. The summed E-state index contributed by atoms with van der Waals surface area (Å²) in [4.78, 5) is 2.88. The number of piperidine rings is 1. The minimum atomic E-state index is 0.812. The maximum absolute atomic E-state index is 3.67. The number of nitrogens with one attached hydrogen (secondary N) is 1. The van der Waals surface area contributed by atoms with Gasteiger partial charge in [0.15, 0.2) is 0 Å². The fraction of sp³-hybridized carbons (Fsp3) is 1.00. The van der Waals surface area contributed by atoms with Crippen molar-refractivity contribution in [3.8, 4) is 0 Å². The van der Waals surface area contributed by atoms with E-state index >= 15 is 0 Å². The van der Waals surface area contributed by atoms with Gasteiger partial charge in [-0.05, 0) is 56.1 Å². The molecule has 0 spiro atoms. The molecule has 2 bridgehead atoms. The standard InChI is InChI=1S/C14H26N2S/c1-2-15-12-7-13-3-4-14(8-12)16(13)9-11-5-6-17-10-11/h11-15H,2-10H2,1H3. The monoisotopic (exact) mass is 254 g/mol. The summed E-state index contributed by atoms with van der Waals surface area (Å²) in [7, 11) is 0. The van der Waals surface area contributed by atoms with Crippen LogP contribution in [0.3, 0.4) is 0 Å². The van der Waals surface area contributed by atoms with E-state index in [0.717, 1.165) is 30.6 Å². The molecular formula is C14H26N2S. The van der Waals surface area contributed by atoms with E-state index in [2.05, 4.69) is 28.9 Å². The van der Waals surface area contributed by atoms with Crippen LogP contribution in [0.2, 0.25) is 0 Å². The lowest BCUT2D eigenvalue weighted by Gasteiger charge is -2.40. The highest BCUT2D eigenvalue weighted by Gasteiger charge is 2.41. The lowest BCUT2D eigenvalue weighted by Crippen LogP contribution is -2.50. The smallest absolute Gasteiger partial charge is 0.0114 e. The molecule has 3 unspecified atom stereocenters. The first-order valence-electron chi connectivity index (χ1n) is 7.43. The van der Waals surface area contributed by atoms with Crippen molar-refractivity contribution < 1.29 is 0 Å². The Morgan fingerprint density at radius 3 is 2.53 bits per heavy atom. The zero-order valence-corrected chi connectivity index (χ0v) is 11.8. The topological polar surface area (TPSA) is 15.3 Å². The van der Waals surface area contributed by atoms with Crippen LogP contribution in [-0.2, 0) is 0 Å². The molecule has 3 rings (SSSR count). The van der Waals surface area contributed by atoms with Gasteiger partial charge in [0.25, 0.3) is 0 Å². The SMILES string of the molecule is CCNC1CC2CCC(C1)N2CC1CCSC1. The average molecular weight is 254 g/mol. The molecule has 0 aromatic heterocycles. The summed E-state index contributed by atoms with van der Waals surface area (Å²) in [6.45, 7) is 4.79. The molecule has 3 heterocycles. The highest BCUT2D eigenvalue weighted by Crippen LogP contribution is 2.37. The van der Waals surface area contributed by atoms with Crippen molar-refractivity contribution in [3.05, 3.63) is 0 Å². The van der Waals surface area contributed by atoms with Crippen LogP contribution in [-0.4, -0.2) is 47.6 Å². The van der Waals surface area contributed by atoms with Gasteiger partial charge in [-0.3, -0.25) is 4.90 Å². The van der Waals surface area contributed by atoms with Crippen LogP contribution in [0.5, 0.6) is 0 Å². The van der Waals surface area contributed by atoms with Gasteiger partial charge >= 0.3 is 0 Å². The number of nitrogens with zero attached hydrogens (tertiary/aromatic N) is 1. The summed E-state index contributed by atoms with van der Waals surface area (Å²) in [5.74, 6) is 3.83. The molecular weight excluding hydrogens is 228 g/mol. The van der Waals surface area contributed by atoms with Gasteiger partial charge in [0.2, 0.25) is 0 Å². The Hall–Kier alpha value is 0.270. The minimum Gasteiger partial charge on any atom is -0.314 e. The summed E-state index contributed by atoms with van der Waals surface area (Å²) in [6.07, 6.45) is 7.21. The van der Waals surface area contributed by atoms with E-state index in [1.165, 1.54) is 50.2 Å². The molecule has 2 nitrogen and oxygen atoms in total. The van der Waals surface area contributed by atoms with Gasteiger partial charge in [-0.25, -0.2) is 0 Å². The second kappa shape index (κ2) is 5.50. The third-order valence-corrected chi connectivity index (χ3v) is 6.10. The van der Waals surface area contributed by atoms with Gasteiger partial charge < -0.3 is 5.32 Å². The largest absolute Gasteiger partial charge is 0.314 e. The van der Waals surface area contributed by atoms with Crippen LogP contribution < -0.4 is 5.32 Å². The Balaban J connectivity index is 1.56. The third kappa shape index (κ3) is 2.66. The minimum absolute atomic E-state index is 0.812. The van der Waals surface area contributed by atoms with E-state index in [0.29, 0.717) is 0 Å². The van der Waals surface area contributed by atoms with Crippen molar-refractivity contribution in [1.82, 2.24) is 10.2 Å². The van der Waals surface area contributed by atoms with E-state index in [4.69, 9.17) is 0 Å². The zero-order chi connectivity index (χ0) is 11.7. The second-order valence-corrected chi connectivity index (χ2v) is 7.19. The Morgan fingerprint density at radius 1 is 1.18 bits per heavy atom. The average Bonchev–Trinajstić information content (AvgIpc) is 2.89. The molecule has 3 heteroatoms. The van der Waals surface area contributed by atoms with Crippen LogP contribution in [0.15, 0.2) is 0 Å². The maximum Gasteiger partial charge on any atom is 0.0114 e. The molecule has 3 atom stereocenters. The molecule has 0 aromatic carbocycles. The first-order valence-corrected chi connectivity index (χ1v) is 8.59. The highest BCUT2D eigenvalue weighted by atomic mass is 32.2. The first-order chi connectivity index (χ1) is 8.36. The van der Waals surface area contributed by atoms with E-state index in [1.807, 2.05) is 0 Å². The maximum atomic E-state index is 3.67. The van der Waals surface area contributed by atoms with Crippen LogP contribution >= 0.6 is 11.8 Å². The highest BCUT2D eigenvalue weighted by molar-refractivity contribution is 7.99. The summed E-state index contributed by atoms with van der Waals surface area (Å²) in [5.41, 5.74) is 0. The van der Waals surface area contributed by atoms with Crippen LogP contribution in [0.4, 0.5) is 0 Å². The lowest BCUT2D eigenvalue weighted by atomic mass is 9.95. The number of rotatable bonds is 4. The molecule has 3 aliphatic rings. The molecule has 3 aliphatic heterocycles. The molecule has 3 fully saturated rings. The Kier molecular flexibility index (Phi) is 3.98. The van der Waals surface area contributed by atoms with Gasteiger partial charge in [-0.15, -0.1) is 0 Å². The van der Waals surface area contributed by atoms with Gasteiger partial charge in [0.1, 0.15) is 0 Å². The van der Waals surface area contributed by atoms with Gasteiger partial charge in [-0.1, -0.05) is 6.92 Å². The van der Waals surface area contributed by atoms with Crippen LogP contribution in [0, 0.1) is 5.92 Å². The Bertz CT molecular complexity index is 239. The van der Waals surface area contributed by atoms with Crippen molar-refractivity contribution in [1.29, 1.82) is 0 Å². The molecule has 1 N–H and O–H groups in total. The van der Waals surface area contributed by atoms with E-state index in [1.54, 1.807) is 0 Å². The summed E-state index contributed by atoms with van der Waals surface area (Å²) < 4.78 is 0. The number of hydrogen-bond donors (Lipinski definition) is 1. The second-order valence-electron chi connectivity index (χ2n) is 6.04. The summed E-state index contributed by atoms with van der Waals surface area (Å²) in [6, 6.07) is 2.62. The van der Waals surface area contributed by atoms with Crippen molar-refractivity contribution in [2.75, 3.05) is 24.6 Å². The molecule has 0 amide bonds. The number of thioether (sulfide) groups is 1. The first kappa shape index (κ1) is 12.3. The molecule has 0 aliphatic carbocycles. The van der Waals surface area contributed by atoms with Crippen LogP contribution in [0.25, 0.3) is 0 Å². The van der Waals surface area contributed by atoms with E-state index in [-0.39, 0.29) is 0 Å². The Morgan fingerprint density at radius 2 is 1.94 bits per heavy atom. The summed E-state index contributed by atoms with van der Waals surface area (Å²) in [5, 5.41) is 3.67. The quantitative estimate of drug-likeness (QED) is 0.829. The molecule has 0 aromatic rings. The molecule has 3 saturated heterocycles. The van der Waals surface area contributed by atoms with Gasteiger partial charge in [0.05, 0.1) is 0 Å². The molecule has 0 saturated carbocycles. The lowest BCUT2D eigenvalue weighted by molar-refractivity contribution is 0.102. The third-order valence-electron chi connectivity index (χ3n) is 4.87. The number of fused-ring (bicyclic) bond motifs is 2. The van der Waals surface area contributed by atoms with Gasteiger partial charge in [-0.2, -0.15) is 11.8 Å². The normalized spacial score (nSPS) is 42.2. The fourth-order valence-corrected chi connectivity index (χ4v) is 5.33. The zero-order valence-electron chi connectivity index (χ0n) is 11.0. The summed E-state index contributed by atoms with van der Waals surface area (Å²) >= 11 is 2.16. The molecule has 0 radical (unpaired) electrons. The fourth-order valence-electron chi connectivity index (χ4n) is 4.05.